The molecule has 322 valence electrons. The molecule has 2 aromatic carbocycles. The van der Waals surface area contributed by atoms with Gasteiger partial charge in [0.25, 0.3) is 5.56 Å². The summed E-state index contributed by atoms with van der Waals surface area (Å²) in [4.78, 5) is 93.0. The van der Waals surface area contributed by atoms with Crippen LogP contribution in [0, 0.1) is 12.7 Å². The highest BCUT2D eigenvalue weighted by Crippen LogP contribution is 2.40. The number of rotatable bonds is 17. The van der Waals surface area contributed by atoms with E-state index in [9.17, 15) is 43.1 Å². The molecule has 2 atom stereocenters. The summed E-state index contributed by atoms with van der Waals surface area (Å²) in [6.45, 7) is 1.08. The fourth-order valence-electron chi connectivity index (χ4n) is 7.01. The van der Waals surface area contributed by atoms with E-state index in [1.165, 1.54) is 10.6 Å². The number of halogens is 1. The van der Waals surface area contributed by atoms with Crippen molar-refractivity contribution in [3.8, 4) is 11.4 Å². The Bertz CT molecular complexity index is 2440. The molecule has 19 nitrogen and oxygen atoms in total. The zero-order valence-corrected chi connectivity index (χ0v) is 33.4. The second kappa shape index (κ2) is 19.1. The molecule has 2 aliphatic heterocycles. The number of nitrogens with zero attached hydrogens (tertiary/aromatic N) is 2. The van der Waals surface area contributed by atoms with Gasteiger partial charge in [-0.2, -0.15) is 0 Å². The van der Waals surface area contributed by atoms with E-state index in [4.69, 9.17) is 19.9 Å². The van der Waals surface area contributed by atoms with E-state index >= 15 is 0 Å². The normalized spacial score (nSPS) is 15.4. The number of alkyl carbamates (subject to hydrolysis) is 1. The summed E-state index contributed by atoms with van der Waals surface area (Å²) in [6.07, 6.45) is -0.744. The number of esters is 1. The second-order valence-corrected chi connectivity index (χ2v) is 14.3. The predicted molar refractivity (Wildman–Crippen MR) is 214 cm³/mol. The molecule has 0 radical (unpaired) electrons. The van der Waals surface area contributed by atoms with Gasteiger partial charge >= 0.3 is 12.1 Å². The number of fused-ring (bicyclic) bond motifs is 5. The highest BCUT2D eigenvalue weighted by Gasteiger charge is 2.45. The van der Waals surface area contributed by atoms with Crippen molar-refractivity contribution < 1.29 is 52.5 Å². The summed E-state index contributed by atoms with van der Waals surface area (Å²) >= 11 is 0. The molecule has 5 amide bonds. The minimum Gasteiger partial charge on any atom is -0.458 e. The third kappa shape index (κ3) is 9.83. The first-order valence-electron chi connectivity index (χ1n) is 19.4. The summed E-state index contributed by atoms with van der Waals surface area (Å²) in [6, 6.07) is 12.2. The molecular weight excluding hydrogens is 799 g/mol. The lowest BCUT2D eigenvalue weighted by Gasteiger charge is -2.31. The van der Waals surface area contributed by atoms with Crippen molar-refractivity contribution in [2.24, 2.45) is 5.73 Å². The maximum atomic E-state index is 14.8. The number of hydrogen-bond acceptors (Lipinski definition) is 13. The molecule has 2 aromatic heterocycles. The zero-order valence-electron chi connectivity index (χ0n) is 33.4. The van der Waals surface area contributed by atoms with Crippen molar-refractivity contribution >= 4 is 46.6 Å². The molecule has 0 unspecified atom stereocenters. The summed E-state index contributed by atoms with van der Waals surface area (Å²) < 4.78 is 32.0. The van der Waals surface area contributed by atoms with Gasteiger partial charge in [-0.25, -0.2) is 19.0 Å². The topological polar surface area (TPSA) is 271 Å². The number of benzene rings is 2. The molecule has 4 heterocycles. The van der Waals surface area contributed by atoms with Gasteiger partial charge in [0.2, 0.25) is 23.6 Å². The lowest BCUT2D eigenvalue weighted by Crippen LogP contribution is -2.52. The van der Waals surface area contributed by atoms with E-state index in [1.54, 1.807) is 56.3 Å². The van der Waals surface area contributed by atoms with Crippen molar-refractivity contribution in [1.29, 1.82) is 0 Å². The van der Waals surface area contributed by atoms with Gasteiger partial charge in [-0.1, -0.05) is 37.3 Å². The van der Waals surface area contributed by atoms with Crippen molar-refractivity contribution in [1.82, 2.24) is 36.1 Å². The number of aromatic nitrogens is 2. The first kappa shape index (κ1) is 43.8. The molecule has 2 aliphatic rings. The van der Waals surface area contributed by atoms with Crippen LogP contribution in [0.2, 0.25) is 0 Å². The third-order valence-corrected chi connectivity index (χ3v) is 10.3. The summed E-state index contributed by atoms with van der Waals surface area (Å²) in [5.41, 5.74) is 6.12. The average molecular weight is 845 g/mol. The van der Waals surface area contributed by atoms with Crippen LogP contribution in [0.15, 0.2) is 53.3 Å². The first-order chi connectivity index (χ1) is 29.2. The number of carbonyl (C=O) groups is 6. The molecule has 4 aromatic rings. The lowest BCUT2D eigenvalue weighted by atomic mass is 9.86. The van der Waals surface area contributed by atoms with Crippen LogP contribution in [0.1, 0.15) is 46.7 Å². The zero-order chi connectivity index (χ0) is 43.8. The van der Waals surface area contributed by atoms with Crippen molar-refractivity contribution in [2.75, 3.05) is 39.6 Å². The highest BCUT2D eigenvalue weighted by atomic mass is 19.1. The molecule has 0 fully saturated rings. The SMILES string of the molecule is CC[C@@]1(O)C(=O)OCc2c1cc1n(c2=O)Cc2c-1nc1cc(F)c(C)cc1c2CNC(=O)OCCOCNC(=O)CNC(=O)[C@H](Cc1ccccc1)NC(=O)CNC(=O)CN. The number of nitrogens with one attached hydrogen (secondary N) is 5. The fraction of sp³-hybridized carbons (Fsp3) is 0.366. The summed E-state index contributed by atoms with van der Waals surface area (Å²) in [5, 5.41) is 24.2. The average Bonchev–Trinajstić information content (AvgIpc) is 3.62. The molecule has 0 spiro atoms. The molecule has 0 saturated heterocycles. The number of carbonyl (C=O) groups excluding carboxylic acids is 6. The Morgan fingerprint density at radius 3 is 2.48 bits per heavy atom. The number of hydrogen-bond donors (Lipinski definition) is 7. The van der Waals surface area contributed by atoms with Crippen LogP contribution in [0.4, 0.5) is 9.18 Å². The van der Waals surface area contributed by atoms with Gasteiger partial charge in [0.1, 0.15) is 31.8 Å². The Morgan fingerprint density at radius 2 is 1.74 bits per heavy atom. The van der Waals surface area contributed by atoms with E-state index in [0.717, 1.165) is 5.56 Å². The Hall–Kier alpha value is -6.77. The minimum atomic E-state index is -2.03. The first-order valence-corrected chi connectivity index (χ1v) is 19.4. The smallest absolute Gasteiger partial charge is 0.407 e. The van der Waals surface area contributed by atoms with Crippen LogP contribution in [-0.2, 0) is 69.9 Å². The standard InChI is InChI=1S/C41H45FN8O11/c1-3-41(58)28-13-32-36-26(19-50(32)38(55)27(28)20-61-39(41)56)25(24-11-22(2)29(42)14-30(24)49-36)16-46-40(57)60-10-9-59-21-47-34(52)17-45-37(54)31(12-23-7-5-4-6-8-23)48-35(53)18-44-33(51)15-43/h4-8,11,13-14,31,58H,3,9-10,12,15-21,43H2,1-2H3,(H,44,51)(H,45,54)(H,46,57)(H,47,52)(H,48,53)/t31-,41-/m0/s1. The van der Waals surface area contributed by atoms with E-state index in [2.05, 4.69) is 31.6 Å². The summed E-state index contributed by atoms with van der Waals surface area (Å²) in [7, 11) is 0. The largest absolute Gasteiger partial charge is 0.458 e. The fourth-order valence-corrected chi connectivity index (χ4v) is 7.01. The number of ether oxygens (including phenoxy) is 3. The summed E-state index contributed by atoms with van der Waals surface area (Å²) in [5.74, 6) is -3.79. The van der Waals surface area contributed by atoms with Crippen LogP contribution in [0.25, 0.3) is 22.3 Å². The van der Waals surface area contributed by atoms with Crippen molar-refractivity contribution in [3.05, 3.63) is 98.1 Å². The van der Waals surface area contributed by atoms with E-state index < -0.39 is 71.8 Å². The van der Waals surface area contributed by atoms with Gasteiger partial charge in [0, 0.05) is 35.5 Å². The molecule has 6 rings (SSSR count). The lowest BCUT2D eigenvalue weighted by molar-refractivity contribution is -0.172. The van der Waals surface area contributed by atoms with Crippen LogP contribution < -0.4 is 37.9 Å². The van der Waals surface area contributed by atoms with Crippen LogP contribution in [0.5, 0.6) is 0 Å². The van der Waals surface area contributed by atoms with E-state index in [1.807, 2.05) is 0 Å². The third-order valence-electron chi connectivity index (χ3n) is 10.3. The Morgan fingerprint density at radius 1 is 0.984 bits per heavy atom. The van der Waals surface area contributed by atoms with Gasteiger partial charge in [-0.15, -0.1) is 0 Å². The number of amides is 5. The molecule has 0 saturated carbocycles. The maximum absolute atomic E-state index is 14.8. The highest BCUT2D eigenvalue weighted by molar-refractivity contribution is 5.93. The molecule has 0 bridgehead atoms. The van der Waals surface area contributed by atoms with Gasteiger partial charge in [0.15, 0.2) is 5.60 Å². The molecule has 0 aliphatic carbocycles. The molecule has 20 heteroatoms. The number of pyridine rings is 2. The predicted octanol–water partition coefficient (Wildman–Crippen LogP) is -0.238. The van der Waals surface area contributed by atoms with Crippen LogP contribution >= 0.6 is 0 Å². The van der Waals surface area contributed by atoms with E-state index in [-0.39, 0.29) is 75.7 Å². The number of aryl methyl sites for hydroxylation is 1. The maximum Gasteiger partial charge on any atom is 0.407 e. The van der Waals surface area contributed by atoms with Gasteiger partial charge < -0.3 is 56.2 Å². The number of aliphatic hydroxyl groups is 1. The molecule has 8 N–H and O–H groups in total. The van der Waals surface area contributed by atoms with E-state index in [0.29, 0.717) is 33.5 Å². The van der Waals surface area contributed by atoms with Crippen LogP contribution in [0.3, 0.4) is 0 Å². The minimum absolute atomic E-state index is 0.0395. The Kier molecular flexibility index (Phi) is 13.7. The van der Waals surface area contributed by atoms with Gasteiger partial charge in [-0.3, -0.25) is 24.0 Å². The van der Waals surface area contributed by atoms with Crippen molar-refractivity contribution in [2.45, 2.75) is 58.0 Å². The van der Waals surface area contributed by atoms with Crippen LogP contribution in [-0.4, -0.2) is 96.0 Å². The second-order valence-electron chi connectivity index (χ2n) is 14.3. The van der Waals surface area contributed by atoms with Gasteiger partial charge in [-0.05, 0) is 42.2 Å². The Balaban J connectivity index is 1.00. The monoisotopic (exact) mass is 844 g/mol. The molecule has 61 heavy (non-hydrogen) atoms. The number of nitrogens with two attached hydrogens (primary N) is 1. The van der Waals surface area contributed by atoms with Gasteiger partial charge in [0.05, 0.1) is 55.3 Å². The van der Waals surface area contributed by atoms with Crippen molar-refractivity contribution in [3.63, 3.8) is 0 Å². The Labute approximate surface area is 347 Å². The molecular formula is C41H45FN8O11. The number of cyclic esters (lactones) is 1. The quantitative estimate of drug-likeness (QED) is 0.0363.